The van der Waals surface area contributed by atoms with Crippen LogP contribution < -0.4 is 5.32 Å². The Hall–Kier alpha value is -2.47. The highest BCUT2D eigenvalue weighted by Gasteiger charge is 2.31. The van der Waals surface area contributed by atoms with Crippen LogP contribution in [0.25, 0.3) is 0 Å². The predicted molar refractivity (Wildman–Crippen MR) is 161 cm³/mol. The number of nitrogens with zero attached hydrogens (tertiary/aromatic N) is 1. The lowest BCUT2D eigenvalue weighted by Crippen LogP contribution is -2.51. The van der Waals surface area contributed by atoms with E-state index in [9.17, 15) is 9.59 Å². The maximum Gasteiger partial charge on any atom is 0.243 e. The molecule has 0 aliphatic heterocycles. The number of nitrogens with one attached hydrogen (secondary N) is 1. The van der Waals surface area contributed by atoms with Crippen LogP contribution in [0, 0.1) is 13.8 Å². The van der Waals surface area contributed by atoms with Crippen molar-refractivity contribution in [2.75, 3.05) is 12.3 Å². The molecule has 0 radical (unpaired) electrons. The number of halogens is 2. The topological polar surface area (TPSA) is 49.4 Å². The van der Waals surface area contributed by atoms with Crippen LogP contribution in [-0.4, -0.2) is 35.1 Å². The molecule has 0 aliphatic rings. The van der Waals surface area contributed by atoms with E-state index >= 15 is 0 Å². The van der Waals surface area contributed by atoms with E-state index in [1.54, 1.807) is 34.9 Å². The molecule has 202 valence electrons. The van der Waals surface area contributed by atoms with Gasteiger partial charge in [0.15, 0.2) is 0 Å². The number of carbonyl (C=O) groups is 2. The summed E-state index contributed by atoms with van der Waals surface area (Å²) >= 11 is 14.6. The number of rotatable bonds is 13. The Bertz CT molecular complexity index is 1180. The van der Waals surface area contributed by atoms with Crippen molar-refractivity contribution in [1.29, 1.82) is 0 Å². The SMILES string of the molecule is CCCCNC(=O)[C@@H](Cc1ccccc1)N(Cc1c(Cl)cccc1Cl)C(=O)CSCc1cc(C)cc(C)c1. The fourth-order valence-electron chi connectivity index (χ4n) is 4.41. The molecule has 2 amide bonds. The number of hydrogen-bond acceptors (Lipinski definition) is 3. The lowest BCUT2D eigenvalue weighted by atomic mass is 10.0. The van der Waals surface area contributed by atoms with Crippen LogP contribution in [0.4, 0.5) is 0 Å². The highest BCUT2D eigenvalue weighted by atomic mass is 35.5. The van der Waals surface area contributed by atoms with Crippen molar-refractivity contribution in [1.82, 2.24) is 10.2 Å². The smallest absolute Gasteiger partial charge is 0.243 e. The molecule has 1 N–H and O–H groups in total. The first kappa shape index (κ1) is 30.1. The largest absolute Gasteiger partial charge is 0.354 e. The third-order valence-corrected chi connectivity index (χ3v) is 7.96. The van der Waals surface area contributed by atoms with Gasteiger partial charge in [0.1, 0.15) is 6.04 Å². The zero-order valence-corrected chi connectivity index (χ0v) is 24.6. The van der Waals surface area contributed by atoms with Crippen LogP contribution in [0.5, 0.6) is 0 Å². The molecule has 0 heterocycles. The van der Waals surface area contributed by atoms with Crippen molar-refractivity contribution < 1.29 is 9.59 Å². The van der Waals surface area contributed by atoms with Crippen LogP contribution in [0.1, 0.15) is 47.6 Å². The first-order chi connectivity index (χ1) is 18.3. The number of unbranched alkanes of at least 4 members (excludes halogenated alkanes) is 1. The number of carbonyl (C=O) groups excluding carboxylic acids is 2. The Balaban J connectivity index is 1.88. The number of amides is 2. The number of thioether (sulfide) groups is 1. The molecule has 0 saturated heterocycles. The van der Waals surface area contributed by atoms with Gasteiger partial charge >= 0.3 is 0 Å². The van der Waals surface area contributed by atoms with Crippen molar-refractivity contribution in [3.05, 3.63) is 105 Å². The molecule has 0 saturated carbocycles. The molecular formula is C31H36Cl2N2O2S. The van der Waals surface area contributed by atoms with Crippen LogP contribution in [-0.2, 0) is 28.3 Å². The molecule has 3 aromatic rings. The van der Waals surface area contributed by atoms with Crippen molar-refractivity contribution in [3.63, 3.8) is 0 Å². The van der Waals surface area contributed by atoms with Gasteiger partial charge in [0.05, 0.1) is 5.75 Å². The van der Waals surface area contributed by atoms with Crippen LogP contribution in [0.15, 0.2) is 66.7 Å². The van der Waals surface area contributed by atoms with Crippen LogP contribution in [0.3, 0.4) is 0 Å². The van der Waals surface area contributed by atoms with Gasteiger partial charge < -0.3 is 10.2 Å². The molecule has 4 nitrogen and oxygen atoms in total. The van der Waals surface area contributed by atoms with Crippen LogP contribution >= 0.6 is 35.0 Å². The Morgan fingerprint density at radius 1 is 0.921 bits per heavy atom. The molecule has 0 fully saturated rings. The van der Waals surface area contributed by atoms with E-state index in [1.165, 1.54) is 16.7 Å². The molecule has 38 heavy (non-hydrogen) atoms. The molecule has 3 rings (SSSR count). The minimum Gasteiger partial charge on any atom is -0.354 e. The first-order valence-electron chi connectivity index (χ1n) is 13.0. The monoisotopic (exact) mass is 570 g/mol. The van der Waals surface area contributed by atoms with E-state index in [1.807, 2.05) is 30.3 Å². The highest BCUT2D eigenvalue weighted by molar-refractivity contribution is 7.99. The average Bonchev–Trinajstić information content (AvgIpc) is 2.87. The molecule has 3 aromatic carbocycles. The minimum atomic E-state index is -0.698. The van der Waals surface area contributed by atoms with Crippen molar-refractivity contribution >= 4 is 46.8 Å². The van der Waals surface area contributed by atoms with E-state index < -0.39 is 6.04 Å². The van der Waals surface area contributed by atoms with Gasteiger partial charge in [0.2, 0.25) is 11.8 Å². The van der Waals surface area contributed by atoms with Gasteiger partial charge in [0, 0.05) is 40.9 Å². The Morgan fingerprint density at radius 2 is 1.58 bits per heavy atom. The standard InChI is InChI=1S/C31H36Cl2N2O2S/c1-4-5-14-34-31(37)29(18-24-10-7-6-8-11-24)35(19-26-27(32)12-9-13-28(26)33)30(36)21-38-20-25-16-22(2)15-23(3)17-25/h6-13,15-17,29H,4-5,14,18-21H2,1-3H3,(H,34,37)/t29-/m1/s1. The van der Waals surface area contributed by atoms with Crippen molar-refractivity contribution in [2.24, 2.45) is 0 Å². The highest BCUT2D eigenvalue weighted by Crippen LogP contribution is 2.28. The van der Waals surface area contributed by atoms with Gasteiger partial charge in [-0.1, -0.05) is 102 Å². The maximum atomic E-state index is 13.8. The van der Waals surface area contributed by atoms with Crippen molar-refractivity contribution in [3.8, 4) is 0 Å². The Morgan fingerprint density at radius 3 is 2.21 bits per heavy atom. The molecular weight excluding hydrogens is 535 g/mol. The summed E-state index contributed by atoms with van der Waals surface area (Å²) in [6.07, 6.45) is 2.24. The van der Waals surface area contributed by atoms with Gasteiger partial charge in [-0.25, -0.2) is 0 Å². The molecule has 0 aromatic heterocycles. The summed E-state index contributed by atoms with van der Waals surface area (Å²) in [6, 6.07) is 20.8. The molecule has 0 bridgehead atoms. The summed E-state index contributed by atoms with van der Waals surface area (Å²) in [6.45, 7) is 6.95. The lowest BCUT2D eigenvalue weighted by molar-refractivity contribution is -0.139. The van der Waals surface area contributed by atoms with E-state index in [0.717, 1.165) is 18.4 Å². The minimum absolute atomic E-state index is 0.123. The summed E-state index contributed by atoms with van der Waals surface area (Å²) in [5, 5.41) is 3.99. The number of aryl methyl sites for hydroxylation is 2. The molecule has 0 unspecified atom stereocenters. The fraction of sp³-hybridized carbons (Fsp3) is 0.355. The Kier molecular flexibility index (Phi) is 12.0. The number of hydrogen-bond donors (Lipinski definition) is 1. The van der Waals surface area contributed by atoms with Gasteiger partial charge in [0.25, 0.3) is 0 Å². The van der Waals surface area contributed by atoms with Gasteiger partial charge in [-0.3, -0.25) is 9.59 Å². The van der Waals surface area contributed by atoms with E-state index in [-0.39, 0.29) is 24.1 Å². The van der Waals surface area contributed by atoms with Crippen molar-refractivity contribution in [2.45, 2.75) is 58.4 Å². The third-order valence-electron chi connectivity index (χ3n) is 6.27. The Labute approximate surface area is 241 Å². The van der Waals surface area contributed by atoms with E-state index in [0.29, 0.717) is 34.3 Å². The molecule has 0 spiro atoms. The summed E-state index contributed by atoms with van der Waals surface area (Å²) in [5.41, 5.74) is 5.21. The average molecular weight is 572 g/mol. The number of benzene rings is 3. The quantitative estimate of drug-likeness (QED) is 0.218. The molecule has 7 heteroatoms. The normalized spacial score (nSPS) is 11.7. The van der Waals surface area contributed by atoms with Gasteiger partial charge in [-0.2, -0.15) is 0 Å². The van der Waals surface area contributed by atoms with Gasteiger partial charge in [-0.05, 0) is 43.5 Å². The predicted octanol–water partition coefficient (Wildman–Crippen LogP) is 7.40. The summed E-state index contributed by atoms with van der Waals surface area (Å²) < 4.78 is 0. The zero-order valence-electron chi connectivity index (χ0n) is 22.3. The summed E-state index contributed by atoms with van der Waals surface area (Å²) in [7, 11) is 0. The summed E-state index contributed by atoms with van der Waals surface area (Å²) in [5.74, 6) is 0.656. The summed E-state index contributed by atoms with van der Waals surface area (Å²) in [4.78, 5) is 29.0. The maximum absolute atomic E-state index is 13.8. The van der Waals surface area contributed by atoms with Gasteiger partial charge in [-0.15, -0.1) is 11.8 Å². The van der Waals surface area contributed by atoms with E-state index in [2.05, 4.69) is 44.3 Å². The second-order valence-electron chi connectivity index (χ2n) is 9.56. The molecule has 0 aliphatic carbocycles. The van der Waals surface area contributed by atoms with E-state index in [4.69, 9.17) is 23.2 Å². The second-order valence-corrected chi connectivity index (χ2v) is 11.4. The lowest BCUT2D eigenvalue weighted by Gasteiger charge is -2.32. The zero-order chi connectivity index (χ0) is 27.5. The first-order valence-corrected chi connectivity index (χ1v) is 14.9. The fourth-order valence-corrected chi connectivity index (χ4v) is 5.77. The third kappa shape index (κ3) is 9.07. The second kappa shape index (κ2) is 15.2. The van der Waals surface area contributed by atoms with Crippen LogP contribution in [0.2, 0.25) is 10.0 Å². The molecule has 1 atom stereocenters.